The van der Waals surface area contributed by atoms with E-state index in [1.54, 1.807) is 62.3 Å². The summed E-state index contributed by atoms with van der Waals surface area (Å²) in [6.45, 7) is 22.1. The van der Waals surface area contributed by atoms with Crippen molar-refractivity contribution in [1.29, 1.82) is 0 Å². The molecule has 6 N–H and O–H groups in total. The fourth-order valence-corrected chi connectivity index (χ4v) is 6.56. The molecule has 0 fully saturated rings. The Labute approximate surface area is 381 Å². The normalized spacial score (nSPS) is 14.0. The first-order valence-electron chi connectivity index (χ1n) is 22.8. The van der Waals surface area contributed by atoms with Crippen molar-refractivity contribution in [3.63, 3.8) is 0 Å². The number of carbonyl (C=O) groups excluding carboxylic acids is 7. The number of urea groups is 1. The Morgan fingerprint density at radius 2 is 1.19 bits per heavy atom. The number of benzene rings is 1. The van der Waals surface area contributed by atoms with Gasteiger partial charge in [0.15, 0.2) is 5.78 Å². The van der Waals surface area contributed by atoms with Gasteiger partial charge < -0.3 is 41.2 Å². The van der Waals surface area contributed by atoms with E-state index in [1.807, 2.05) is 20.8 Å². The van der Waals surface area contributed by atoms with E-state index in [-0.39, 0.29) is 63.4 Å². The van der Waals surface area contributed by atoms with Crippen molar-refractivity contribution in [3.05, 3.63) is 35.6 Å². The molecule has 4 atom stereocenters. The zero-order valence-corrected chi connectivity index (χ0v) is 40.8. The second kappa shape index (κ2) is 27.0. The first-order valence-corrected chi connectivity index (χ1v) is 22.8. The number of Topliss-reactive ketones (excluding diaryl/α,β-unsaturated/α-hetero) is 1. The number of nitrogens with one attached hydrogen (secondary N) is 4. The van der Waals surface area contributed by atoms with E-state index in [0.29, 0.717) is 37.8 Å². The smallest absolute Gasteiger partial charge is 0.329 e. The summed E-state index contributed by atoms with van der Waals surface area (Å²) in [5, 5.41) is 11.3. The highest BCUT2D eigenvalue weighted by Gasteiger charge is 2.32. The van der Waals surface area contributed by atoms with Crippen molar-refractivity contribution in [2.45, 2.75) is 201 Å². The maximum Gasteiger partial charge on any atom is 0.329 e. The number of amides is 4. The Kier molecular flexibility index (Phi) is 24.2. The predicted octanol–water partition coefficient (Wildman–Crippen LogP) is 6.90. The van der Waals surface area contributed by atoms with Gasteiger partial charge in [0.05, 0.1) is 6.04 Å². The van der Waals surface area contributed by atoms with Crippen LogP contribution in [0.2, 0.25) is 0 Å². The Balaban J connectivity index is 3.13. The monoisotopic (exact) mass is 906 g/mol. The van der Waals surface area contributed by atoms with Crippen molar-refractivity contribution in [1.82, 2.24) is 21.3 Å². The second-order valence-corrected chi connectivity index (χ2v) is 20.6. The third kappa shape index (κ3) is 26.9. The molecule has 15 nitrogen and oxygen atoms in total. The highest BCUT2D eigenvalue weighted by atomic mass is 19.1. The van der Waals surface area contributed by atoms with Gasteiger partial charge >= 0.3 is 23.9 Å². The molecule has 0 saturated heterocycles. The van der Waals surface area contributed by atoms with Crippen molar-refractivity contribution >= 4 is 41.5 Å². The predicted molar refractivity (Wildman–Crippen MR) is 244 cm³/mol. The summed E-state index contributed by atoms with van der Waals surface area (Å²) < 4.78 is 30.2. The van der Waals surface area contributed by atoms with Crippen LogP contribution in [0.15, 0.2) is 24.3 Å². The fraction of sp³-hybridized carbons (Fsp3) is 0.729. The molecule has 0 aliphatic heterocycles. The summed E-state index contributed by atoms with van der Waals surface area (Å²) in [7, 11) is 0. The number of rotatable bonds is 26. The molecule has 64 heavy (non-hydrogen) atoms. The number of esters is 3. The van der Waals surface area contributed by atoms with Crippen LogP contribution in [0, 0.1) is 17.2 Å². The molecule has 4 amide bonds. The molecular weight excluding hydrogens is 826 g/mol. The summed E-state index contributed by atoms with van der Waals surface area (Å²) in [4.78, 5) is 92.5. The SMILES string of the molecule is CC(C)(C)OC(=O)CC[C@H](CC(=O)[C@H](Cc1ccc(F)cc1)NC(=O)CCCCCN)C(=O)NCCCC[C@H](NC(=O)N[C@@H](CCC(=O)OC(C)(C)C)C(C)(C)C)C(=O)OC(C)(C)C. The topological polar surface area (TPSA) is 221 Å². The lowest BCUT2D eigenvalue weighted by atomic mass is 9.84. The largest absolute Gasteiger partial charge is 0.460 e. The highest BCUT2D eigenvalue weighted by Crippen LogP contribution is 2.24. The van der Waals surface area contributed by atoms with Crippen LogP contribution in [0.5, 0.6) is 0 Å². The average Bonchev–Trinajstić information content (AvgIpc) is 3.13. The summed E-state index contributed by atoms with van der Waals surface area (Å²) in [5.74, 6) is -4.20. The highest BCUT2D eigenvalue weighted by molar-refractivity contribution is 5.93. The van der Waals surface area contributed by atoms with E-state index < -0.39 is 81.7 Å². The third-order valence-electron chi connectivity index (χ3n) is 9.74. The minimum atomic E-state index is -1.03. The standard InChI is InChI=1S/C48H80FN5O10/c1-45(2,3)38(25-27-41(58)63-47(7,8)9)54-44(61)53-35(43(60)64-48(10,11)12)18-15-17-29-51-42(59)33(22-26-40(57)62-46(4,5)6)31-37(55)36(30-32-20-23-34(49)24-21-32)52-39(56)19-14-13-16-28-50/h20-21,23-24,33,35-36,38H,13-19,22,25-31,50H2,1-12H3,(H,51,59)(H,52,56)(H2,53,54,61)/t33-,35+,36+,38+/m1/s1. The molecule has 0 aliphatic rings. The van der Waals surface area contributed by atoms with Gasteiger partial charge in [-0.1, -0.05) is 39.3 Å². The van der Waals surface area contributed by atoms with Crippen LogP contribution >= 0.6 is 0 Å². The molecule has 16 heteroatoms. The number of unbranched alkanes of at least 4 members (excludes halogenated alkanes) is 3. The zero-order valence-electron chi connectivity index (χ0n) is 40.8. The third-order valence-corrected chi connectivity index (χ3v) is 9.74. The molecule has 0 unspecified atom stereocenters. The molecule has 0 aromatic heterocycles. The van der Waals surface area contributed by atoms with Gasteiger partial charge in [0.25, 0.3) is 0 Å². The molecule has 0 heterocycles. The van der Waals surface area contributed by atoms with Gasteiger partial charge in [0.1, 0.15) is 28.7 Å². The molecule has 1 rings (SSSR count). The molecule has 0 spiro atoms. The number of hydrogen-bond donors (Lipinski definition) is 5. The molecular formula is C48H80FN5O10. The van der Waals surface area contributed by atoms with Gasteiger partial charge in [0, 0.05) is 44.2 Å². The molecule has 0 saturated carbocycles. The van der Waals surface area contributed by atoms with Crippen molar-refractivity contribution in [2.75, 3.05) is 13.1 Å². The zero-order chi connectivity index (χ0) is 48.9. The van der Waals surface area contributed by atoms with E-state index >= 15 is 0 Å². The Bertz CT molecular complexity index is 1660. The molecule has 1 aromatic rings. The van der Waals surface area contributed by atoms with Gasteiger partial charge in [-0.05, 0) is 143 Å². The van der Waals surface area contributed by atoms with Crippen LogP contribution in [0.1, 0.15) is 166 Å². The summed E-state index contributed by atoms with van der Waals surface area (Å²) in [6.07, 6.45) is 3.24. The van der Waals surface area contributed by atoms with E-state index in [0.717, 1.165) is 12.8 Å². The number of ketones is 1. The van der Waals surface area contributed by atoms with E-state index in [2.05, 4.69) is 21.3 Å². The maximum atomic E-state index is 13.9. The summed E-state index contributed by atoms with van der Waals surface area (Å²) in [6, 6.07) is 2.51. The number of hydrogen-bond acceptors (Lipinski definition) is 11. The van der Waals surface area contributed by atoms with Crippen molar-refractivity contribution in [2.24, 2.45) is 17.1 Å². The minimum Gasteiger partial charge on any atom is -0.460 e. The lowest BCUT2D eigenvalue weighted by molar-refractivity contribution is -0.158. The number of ether oxygens (including phenoxy) is 3. The number of nitrogens with two attached hydrogens (primary N) is 1. The molecule has 1 aromatic carbocycles. The van der Waals surface area contributed by atoms with Crippen LogP contribution in [-0.2, 0) is 49.4 Å². The van der Waals surface area contributed by atoms with Gasteiger partial charge in [0.2, 0.25) is 11.8 Å². The lowest BCUT2D eigenvalue weighted by Gasteiger charge is -2.32. The van der Waals surface area contributed by atoms with E-state index in [4.69, 9.17) is 19.9 Å². The van der Waals surface area contributed by atoms with Crippen LogP contribution in [0.4, 0.5) is 9.18 Å². The fourth-order valence-electron chi connectivity index (χ4n) is 6.56. The first kappa shape index (κ1) is 57.4. The van der Waals surface area contributed by atoms with Crippen molar-refractivity contribution < 1.29 is 52.2 Å². The van der Waals surface area contributed by atoms with E-state index in [9.17, 15) is 38.0 Å². The Morgan fingerprint density at radius 1 is 0.625 bits per heavy atom. The van der Waals surface area contributed by atoms with Crippen LogP contribution in [0.3, 0.4) is 0 Å². The summed E-state index contributed by atoms with van der Waals surface area (Å²) >= 11 is 0. The average molecular weight is 906 g/mol. The lowest BCUT2D eigenvalue weighted by Crippen LogP contribution is -2.53. The van der Waals surface area contributed by atoms with Crippen LogP contribution < -0.4 is 27.0 Å². The van der Waals surface area contributed by atoms with Crippen molar-refractivity contribution in [3.8, 4) is 0 Å². The summed E-state index contributed by atoms with van der Waals surface area (Å²) in [5.41, 5.74) is 3.52. The van der Waals surface area contributed by atoms with Gasteiger partial charge in [-0.2, -0.15) is 0 Å². The first-order chi connectivity index (χ1) is 29.5. The van der Waals surface area contributed by atoms with Crippen LogP contribution in [0.25, 0.3) is 0 Å². The van der Waals surface area contributed by atoms with Gasteiger partial charge in [-0.15, -0.1) is 0 Å². The Morgan fingerprint density at radius 3 is 1.72 bits per heavy atom. The molecule has 364 valence electrons. The van der Waals surface area contributed by atoms with Gasteiger partial charge in [-0.3, -0.25) is 24.0 Å². The number of halogens is 1. The molecule has 0 bridgehead atoms. The van der Waals surface area contributed by atoms with E-state index in [1.165, 1.54) is 24.3 Å². The van der Waals surface area contributed by atoms with Gasteiger partial charge in [-0.25, -0.2) is 14.0 Å². The maximum absolute atomic E-state index is 13.9. The molecule has 0 aliphatic carbocycles. The second-order valence-electron chi connectivity index (χ2n) is 20.6. The quantitative estimate of drug-likeness (QED) is 0.0366. The Hall–Kier alpha value is -4.60. The molecule has 0 radical (unpaired) electrons. The number of carbonyl (C=O) groups is 7. The van der Waals surface area contributed by atoms with Crippen LogP contribution in [-0.4, -0.2) is 89.6 Å². The minimum absolute atomic E-state index is 0.00409.